The molecule has 1 saturated carbocycles. The smallest absolute Gasteiger partial charge is 0.337 e. The lowest BCUT2D eigenvalue weighted by Crippen LogP contribution is -2.31. The van der Waals surface area contributed by atoms with E-state index in [1.807, 2.05) is 0 Å². The summed E-state index contributed by atoms with van der Waals surface area (Å²) >= 11 is 0. The molecule has 0 saturated heterocycles. The number of carboxylic acids is 1. The number of nitrogens with one attached hydrogen (secondary N) is 1. The molecule has 0 bridgehead atoms. The average molecular weight is 263 g/mol. The fourth-order valence-electron chi connectivity index (χ4n) is 2.27. The summed E-state index contributed by atoms with van der Waals surface area (Å²) in [4.78, 5) is 13.5. The van der Waals surface area contributed by atoms with Gasteiger partial charge in [0, 0.05) is 24.8 Å². The zero-order chi connectivity index (χ0) is 13.8. The molecule has 0 spiro atoms. The van der Waals surface area contributed by atoms with E-state index in [9.17, 15) is 4.79 Å². The second-order valence-corrected chi connectivity index (χ2v) is 4.90. The van der Waals surface area contributed by atoms with Crippen molar-refractivity contribution in [1.29, 1.82) is 0 Å². The van der Waals surface area contributed by atoms with Gasteiger partial charge in [0.2, 0.25) is 0 Å². The van der Waals surface area contributed by atoms with Gasteiger partial charge in [-0.1, -0.05) is 6.92 Å². The minimum absolute atomic E-state index is 0.267. The fourth-order valence-corrected chi connectivity index (χ4v) is 2.27. The Morgan fingerprint density at radius 2 is 2.26 bits per heavy atom. The van der Waals surface area contributed by atoms with E-state index in [0.717, 1.165) is 25.7 Å². The summed E-state index contributed by atoms with van der Waals surface area (Å²) in [6, 6.07) is 5.55. The molecule has 0 heterocycles. The Labute approximate surface area is 113 Å². The van der Waals surface area contributed by atoms with Crippen molar-refractivity contribution in [1.82, 2.24) is 4.90 Å². The fraction of sp³-hybridized carbons (Fsp3) is 0.500. The van der Waals surface area contributed by atoms with E-state index >= 15 is 0 Å². The molecule has 19 heavy (non-hydrogen) atoms. The standard InChI is InChI=1S/C14H21N3O2/c1-2-17(11-4-5-11)8-7-16-13-9-10(15)3-6-12(13)14(18)19/h3,6,9,11,16H,2,4-5,7-8,15H2,1H3,(H,18,19). The van der Waals surface area contributed by atoms with E-state index in [2.05, 4.69) is 17.1 Å². The molecule has 1 aliphatic rings. The van der Waals surface area contributed by atoms with Crippen molar-refractivity contribution in [3.63, 3.8) is 0 Å². The molecule has 1 fully saturated rings. The van der Waals surface area contributed by atoms with Gasteiger partial charge >= 0.3 is 5.97 Å². The lowest BCUT2D eigenvalue weighted by Gasteiger charge is -2.20. The summed E-state index contributed by atoms with van der Waals surface area (Å²) in [6.45, 7) is 4.85. The maximum Gasteiger partial charge on any atom is 0.337 e. The molecule has 104 valence electrons. The lowest BCUT2D eigenvalue weighted by molar-refractivity contribution is 0.0698. The zero-order valence-corrected chi connectivity index (χ0v) is 11.2. The van der Waals surface area contributed by atoms with E-state index in [-0.39, 0.29) is 5.56 Å². The molecular weight excluding hydrogens is 242 g/mol. The van der Waals surface area contributed by atoms with Crippen molar-refractivity contribution in [3.05, 3.63) is 23.8 Å². The number of carboxylic acid groups (broad SMARTS) is 1. The maximum absolute atomic E-state index is 11.1. The van der Waals surface area contributed by atoms with Gasteiger partial charge in [-0.2, -0.15) is 0 Å². The normalized spacial score (nSPS) is 14.6. The van der Waals surface area contributed by atoms with Gasteiger partial charge in [0.1, 0.15) is 0 Å². The van der Waals surface area contributed by atoms with Crippen LogP contribution in [0.15, 0.2) is 18.2 Å². The van der Waals surface area contributed by atoms with E-state index in [0.29, 0.717) is 11.4 Å². The first kappa shape index (κ1) is 13.7. The van der Waals surface area contributed by atoms with Crippen LogP contribution in [0.4, 0.5) is 11.4 Å². The molecule has 0 radical (unpaired) electrons. The topological polar surface area (TPSA) is 78.6 Å². The van der Waals surface area contributed by atoms with Crippen LogP contribution in [0.5, 0.6) is 0 Å². The van der Waals surface area contributed by atoms with Crippen LogP contribution in [-0.2, 0) is 0 Å². The first-order valence-corrected chi connectivity index (χ1v) is 6.72. The van der Waals surface area contributed by atoms with Crippen molar-refractivity contribution in [2.24, 2.45) is 0 Å². The van der Waals surface area contributed by atoms with Crippen LogP contribution in [0.25, 0.3) is 0 Å². The van der Waals surface area contributed by atoms with Crippen LogP contribution >= 0.6 is 0 Å². The van der Waals surface area contributed by atoms with Gasteiger partial charge in [-0.25, -0.2) is 4.79 Å². The number of nitrogen functional groups attached to an aromatic ring is 1. The molecule has 4 N–H and O–H groups in total. The predicted octanol–water partition coefficient (Wildman–Crippen LogP) is 1.86. The Morgan fingerprint density at radius 3 is 2.84 bits per heavy atom. The second-order valence-electron chi connectivity index (χ2n) is 4.90. The summed E-state index contributed by atoms with van der Waals surface area (Å²) < 4.78 is 0. The number of hydrogen-bond acceptors (Lipinski definition) is 4. The summed E-state index contributed by atoms with van der Waals surface area (Å²) in [7, 11) is 0. The van der Waals surface area contributed by atoms with Crippen LogP contribution in [0, 0.1) is 0 Å². The molecule has 2 rings (SSSR count). The largest absolute Gasteiger partial charge is 0.478 e. The van der Waals surface area contributed by atoms with Gasteiger partial charge in [-0.3, -0.25) is 4.90 Å². The quantitative estimate of drug-likeness (QED) is 0.654. The Balaban J connectivity index is 1.94. The van der Waals surface area contributed by atoms with Crippen LogP contribution in [0.3, 0.4) is 0 Å². The number of rotatable bonds is 7. The molecule has 1 aromatic carbocycles. The third-order valence-electron chi connectivity index (χ3n) is 3.46. The molecule has 0 amide bonds. The highest BCUT2D eigenvalue weighted by atomic mass is 16.4. The number of benzene rings is 1. The highest BCUT2D eigenvalue weighted by Crippen LogP contribution is 2.26. The Morgan fingerprint density at radius 1 is 1.53 bits per heavy atom. The zero-order valence-electron chi connectivity index (χ0n) is 11.2. The lowest BCUT2D eigenvalue weighted by atomic mass is 10.1. The monoisotopic (exact) mass is 263 g/mol. The average Bonchev–Trinajstić information content (AvgIpc) is 3.18. The number of carbonyl (C=O) groups is 1. The Kier molecular flexibility index (Phi) is 4.27. The maximum atomic E-state index is 11.1. The van der Waals surface area contributed by atoms with Gasteiger partial charge < -0.3 is 16.2 Å². The van der Waals surface area contributed by atoms with Gasteiger partial charge in [0.15, 0.2) is 0 Å². The first-order valence-electron chi connectivity index (χ1n) is 6.72. The summed E-state index contributed by atoms with van der Waals surface area (Å²) in [5.41, 5.74) is 7.14. The molecule has 5 nitrogen and oxygen atoms in total. The minimum Gasteiger partial charge on any atom is -0.478 e. The molecule has 0 unspecified atom stereocenters. The third-order valence-corrected chi connectivity index (χ3v) is 3.46. The van der Waals surface area contributed by atoms with Crippen molar-refractivity contribution in [2.45, 2.75) is 25.8 Å². The molecule has 0 atom stereocenters. The van der Waals surface area contributed by atoms with Crippen LogP contribution in [0.2, 0.25) is 0 Å². The van der Waals surface area contributed by atoms with Crippen LogP contribution < -0.4 is 11.1 Å². The molecule has 1 aliphatic carbocycles. The number of aromatic carboxylic acids is 1. The summed E-state index contributed by atoms with van der Waals surface area (Å²) in [6.07, 6.45) is 2.57. The molecule has 0 aliphatic heterocycles. The Bertz CT molecular complexity index is 458. The van der Waals surface area contributed by atoms with Crippen molar-refractivity contribution in [2.75, 3.05) is 30.7 Å². The third kappa shape index (κ3) is 3.61. The van der Waals surface area contributed by atoms with E-state index in [4.69, 9.17) is 10.8 Å². The SMILES string of the molecule is CCN(CCNc1cc(N)ccc1C(=O)O)C1CC1. The second kappa shape index (κ2) is 5.93. The van der Waals surface area contributed by atoms with Gasteiger partial charge in [-0.05, 0) is 37.6 Å². The van der Waals surface area contributed by atoms with Crippen LogP contribution in [0.1, 0.15) is 30.1 Å². The minimum atomic E-state index is -0.933. The molecule has 1 aromatic rings. The predicted molar refractivity (Wildman–Crippen MR) is 76.6 cm³/mol. The van der Waals surface area contributed by atoms with Gasteiger partial charge in [0.05, 0.1) is 11.3 Å². The van der Waals surface area contributed by atoms with Crippen LogP contribution in [-0.4, -0.2) is 41.7 Å². The van der Waals surface area contributed by atoms with Crippen molar-refractivity contribution >= 4 is 17.3 Å². The summed E-state index contributed by atoms with van der Waals surface area (Å²) in [5.74, 6) is -0.933. The summed E-state index contributed by atoms with van der Waals surface area (Å²) in [5, 5.41) is 12.3. The number of nitrogens with zero attached hydrogens (tertiary/aromatic N) is 1. The number of hydrogen-bond donors (Lipinski definition) is 3. The van der Waals surface area contributed by atoms with E-state index in [1.54, 1.807) is 18.2 Å². The van der Waals surface area contributed by atoms with Gasteiger partial charge in [0.25, 0.3) is 0 Å². The first-order chi connectivity index (χ1) is 9.11. The Hall–Kier alpha value is -1.75. The number of likely N-dealkylation sites (N-methyl/N-ethyl adjacent to an activating group) is 1. The molecule has 5 heteroatoms. The number of anilines is 2. The highest BCUT2D eigenvalue weighted by molar-refractivity contribution is 5.95. The van der Waals surface area contributed by atoms with E-state index < -0.39 is 5.97 Å². The highest BCUT2D eigenvalue weighted by Gasteiger charge is 2.27. The molecule has 0 aromatic heterocycles. The van der Waals surface area contributed by atoms with Crippen molar-refractivity contribution in [3.8, 4) is 0 Å². The van der Waals surface area contributed by atoms with Crippen molar-refractivity contribution < 1.29 is 9.90 Å². The van der Waals surface area contributed by atoms with Gasteiger partial charge in [-0.15, -0.1) is 0 Å². The molecular formula is C14H21N3O2. The number of nitrogens with two attached hydrogens (primary N) is 1. The van der Waals surface area contributed by atoms with E-state index in [1.165, 1.54) is 12.8 Å².